The second-order valence-corrected chi connectivity index (χ2v) is 9.18. The summed E-state index contributed by atoms with van der Waals surface area (Å²) >= 11 is 3.05. The Hall–Kier alpha value is -2.60. The Bertz CT molecular complexity index is 1030. The lowest BCUT2D eigenvalue weighted by Gasteiger charge is -2.30. The molecule has 0 aliphatic carbocycles. The minimum Gasteiger partial charge on any atom is -0.431 e. The van der Waals surface area contributed by atoms with E-state index in [0.29, 0.717) is 16.4 Å². The third-order valence-electron chi connectivity index (χ3n) is 5.33. The van der Waals surface area contributed by atoms with E-state index < -0.39 is 0 Å². The van der Waals surface area contributed by atoms with Gasteiger partial charge in [-0.25, -0.2) is 4.98 Å². The second-order valence-electron chi connectivity index (χ2n) is 7.39. The highest BCUT2D eigenvalue weighted by Gasteiger charge is 2.19. The molecule has 4 rings (SSSR count). The number of nitriles is 1. The SMILES string of the molecule is CSC(=NC1CCN(CCc2ccc(Oc3nc4ccccc4s3)cc2)CC1)NC#N. The number of nitrogens with zero attached hydrogens (tertiary/aromatic N) is 4. The average molecular weight is 452 g/mol. The molecule has 3 aromatic rings. The van der Waals surface area contributed by atoms with E-state index in [1.165, 1.54) is 17.3 Å². The molecule has 0 unspecified atom stereocenters. The number of aliphatic imine (C=N–C) groups is 1. The normalized spacial score (nSPS) is 15.7. The molecule has 8 heteroatoms. The summed E-state index contributed by atoms with van der Waals surface area (Å²) in [4.78, 5) is 11.7. The van der Waals surface area contributed by atoms with Crippen LogP contribution in [0.15, 0.2) is 53.5 Å². The maximum Gasteiger partial charge on any atom is 0.279 e. The van der Waals surface area contributed by atoms with Crippen LogP contribution in [0, 0.1) is 11.5 Å². The number of fused-ring (bicyclic) bond motifs is 1. The Labute approximate surface area is 191 Å². The Morgan fingerprint density at radius 2 is 2.03 bits per heavy atom. The number of benzene rings is 2. The molecule has 0 bridgehead atoms. The fraction of sp³-hybridized carbons (Fsp3) is 0.348. The van der Waals surface area contributed by atoms with Crippen LogP contribution in [0.2, 0.25) is 0 Å². The van der Waals surface area contributed by atoms with E-state index in [1.807, 2.05) is 42.8 Å². The fourth-order valence-corrected chi connectivity index (χ4v) is 4.87. The number of amidine groups is 1. The van der Waals surface area contributed by atoms with Crippen molar-refractivity contribution in [1.29, 1.82) is 5.26 Å². The molecule has 1 aliphatic rings. The largest absolute Gasteiger partial charge is 0.431 e. The van der Waals surface area contributed by atoms with Crippen LogP contribution in [0.4, 0.5) is 0 Å². The van der Waals surface area contributed by atoms with Crippen LogP contribution < -0.4 is 10.1 Å². The van der Waals surface area contributed by atoms with Gasteiger partial charge in [0.2, 0.25) is 0 Å². The van der Waals surface area contributed by atoms with Crippen LogP contribution >= 0.6 is 23.1 Å². The number of hydrogen-bond acceptors (Lipinski definition) is 7. The highest BCUT2D eigenvalue weighted by Crippen LogP contribution is 2.31. The average Bonchev–Trinajstić information content (AvgIpc) is 3.21. The van der Waals surface area contributed by atoms with Crippen molar-refractivity contribution in [2.45, 2.75) is 25.3 Å². The number of aromatic nitrogens is 1. The van der Waals surface area contributed by atoms with E-state index in [9.17, 15) is 0 Å². The number of hydrogen-bond donors (Lipinski definition) is 1. The first-order chi connectivity index (χ1) is 15.2. The van der Waals surface area contributed by atoms with Gasteiger partial charge in [0.25, 0.3) is 5.19 Å². The van der Waals surface area contributed by atoms with Gasteiger partial charge in [0.15, 0.2) is 11.4 Å². The van der Waals surface area contributed by atoms with Crippen LogP contribution in [0.1, 0.15) is 18.4 Å². The molecule has 2 aromatic carbocycles. The lowest BCUT2D eigenvalue weighted by Crippen LogP contribution is -2.37. The third-order valence-corrected chi connectivity index (χ3v) is 6.84. The van der Waals surface area contributed by atoms with Crippen LogP contribution in [0.5, 0.6) is 10.9 Å². The van der Waals surface area contributed by atoms with Gasteiger partial charge in [-0.3, -0.25) is 10.3 Å². The summed E-state index contributed by atoms with van der Waals surface area (Å²) in [7, 11) is 0. The van der Waals surface area contributed by atoms with Gasteiger partial charge in [0.1, 0.15) is 5.75 Å². The molecule has 160 valence electrons. The Balaban J connectivity index is 1.24. The zero-order chi connectivity index (χ0) is 21.5. The molecule has 1 aliphatic heterocycles. The lowest BCUT2D eigenvalue weighted by atomic mass is 10.0. The molecule has 0 spiro atoms. The second kappa shape index (κ2) is 10.6. The van der Waals surface area contributed by atoms with Crippen molar-refractivity contribution in [1.82, 2.24) is 15.2 Å². The third kappa shape index (κ3) is 5.97. The Kier molecular flexibility index (Phi) is 7.41. The van der Waals surface area contributed by atoms with E-state index in [-0.39, 0.29) is 0 Å². The number of thioether (sulfide) groups is 1. The number of rotatable bonds is 6. The monoisotopic (exact) mass is 451 g/mol. The van der Waals surface area contributed by atoms with Crippen molar-refractivity contribution < 1.29 is 4.74 Å². The lowest BCUT2D eigenvalue weighted by molar-refractivity contribution is 0.216. The first-order valence-corrected chi connectivity index (χ1v) is 12.4. The molecule has 0 saturated carbocycles. The van der Waals surface area contributed by atoms with Crippen molar-refractivity contribution in [2.24, 2.45) is 4.99 Å². The smallest absolute Gasteiger partial charge is 0.279 e. The van der Waals surface area contributed by atoms with Crippen molar-refractivity contribution >= 4 is 38.5 Å². The number of ether oxygens (including phenoxy) is 1. The molecule has 0 radical (unpaired) electrons. The molecule has 1 N–H and O–H groups in total. The minimum absolute atomic E-state index is 0.304. The van der Waals surface area contributed by atoms with E-state index in [4.69, 9.17) is 10.00 Å². The number of para-hydroxylation sites is 1. The van der Waals surface area contributed by atoms with Gasteiger partial charge in [0, 0.05) is 19.6 Å². The first kappa shape index (κ1) is 21.6. The van der Waals surface area contributed by atoms with Crippen molar-refractivity contribution in [3.8, 4) is 17.1 Å². The Morgan fingerprint density at radius 1 is 1.26 bits per heavy atom. The molecule has 1 aromatic heterocycles. The molecule has 6 nitrogen and oxygen atoms in total. The van der Waals surface area contributed by atoms with Gasteiger partial charge in [-0.1, -0.05) is 47.4 Å². The molecular formula is C23H25N5OS2. The van der Waals surface area contributed by atoms with Gasteiger partial charge in [-0.2, -0.15) is 5.26 Å². The van der Waals surface area contributed by atoms with E-state index >= 15 is 0 Å². The molecule has 2 heterocycles. The quantitative estimate of drug-likeness (QED) is 0.249. The number of nitrogens with one attached hydrogen (secondary N) is 1. The van der Waals surface area contributed by atoms with Gasteiger partial charge in [-0.15, -0.1) is 0 Å². The number of thiazole rings is 1. The summed E-state index contributed by atoms with van der Waals surface area (Å²) in [5.74, 6) is 0.817. The predicted molar refractivity (Wildman–Crippen MR) is 129 cm³/mol. The first-order valence-electron chi connectivity index (χ1n) is 10.3. The summed E-state index contributed by atoms with van der Waals surface area (Å²) in [6, 6.07) is 16.7. The standard InChI is InChI=1S/C23H25N5OS2/c1-30-22(25-16-24)26-18-11-14-28(15-12-18)13-10-17-6-8-19(9-7-17)29-23-27-20-4-2-3-5-21(20)31-23/h2-9,18H,10-15H2,1H3,(H,25,26). The summed E-state index contributed by atoms with van der Waals surface area (Å²) in [6.07, 6.45) is 6.98. The van der Waals surface area contributed by atoms with Crippen LogP contribution in [-0.4, -0.2) is 47.0 Å². The summed E-state index contributed by atoms with van der Waals surface area (Å²) in [6.45, 7) is 3.13. The van der Waals surface area contributed by atoms with Gasteiger partial charge in [0.05, 0.1) is 16.3 Å². The van der Waals surface area contributed by atoms with Gasteiger partial charge in [-0.05, 0) is 55.3 Å². The molecule has 31 heavy (non-hydrogen) atoms. The van der Waals surface area contributed by atoms with E-state index in [2.05, 4.69) is 38.4 Å². The zero-order valence-corrected chi connectivity index (χ0v) is 19.1. The van der Waals surface area contributed by atoms with E-state index in [0.717, 1.165) is 54.9 Å². The zero-order valence-electron chi connectivity index (χ0n) is 17.5. The Morgan fingerprint density at radius 3 is 2.74 bits per heavy atom. The van der Waals surface area contributed by atoms with Gasteiger partial charge >= 0.3 is 0 Å². The van der Waals surface area contributed by atoms with E-state index in [1.54, 1.807) is 11.3 Å². The predicted octanol–water partition coefficient (Wildman–Crippen LogP) is 4.89. The highest BCUT2D eigenvalue weighted by molar-refractivity contribution is 8.13. The summed E-state index contributed by atoms with van der Waals surface area (Å²) in [5, 5.41) is 12.8. The topological polar surface area (TPSA) is 73.5 Å². The summed E-state index contributed by atoms with van der Waals surface area (Å²) in [5.41, 5.74) is 2.28. The minimum atomic E-state index is 0.304. The molecule has 0 amide bonds. The van der Waals surface area contributed by atoms with Crippen molar-refractivity contribution in [2.75, 3.05) is 25.9 Å². The van der Waals surface area contributed by atoms with Crippen LogP contribution in [0.25, 0.3) is 10.2 Å². The highest BCUT2D eigenvalue weighted by atomic mass is 32.2. The summed E-state index contributed by atoms with van der Waals surface area (Å²) < 4.78 is 7.07. The fourth-order valence-electron chi connectivity index (χ4n) is 3.63. The number of piperidine rings is 1. The molecule has 1 saturated heterocycles. The molecular weight excluding hydrogens is 426 g/mol. The van der Waals surface area contributed by atoms with Crippen LogP contribution in [0.3, 0.4) is 0 Å². The molecule has 1 fully saturated rings. The molecule has 0 atom stereocenters. The maximum atomic E-state index is 8.76. The van der Waals surface area contributed by atoms with Crippen molar-refractivity contribution in [3.63, 3.8) is 0 Å². The number of likely N-dealkylation sites (tertiary alicyclic amines) is 1. The van der Waals surface area contributed by atoms with Crippen LogP contribution in [-0.2, 0) is 6.42 Å². The van der Waals surface area contributed by atoms with Crippen molar-refractivity contribution in [3.05, 3.63) is 54.1 Å². The maximum absolute atomic E-state index is 8.76. The van der Waals surface area contributed by atoms with Gasteiger partial charge < -0.3 is 9.64 Å².